The molecule has 2 saturated heterocycles. The van der Waals surface area contributed by atoms with Gasteiger partial charge in [0.1, 0.15) is 55.4 Å². The van der Waals surface area contributed by atoms with E-state index in [-0.39, 0.29) is 19.4 Å². The average molecular weight is 1060 g/mol. The molecule has 2 fully saturated rings. The van der Waals surface area contributed by atoms with E-state index < -0.39 is 99.3 Å². The van der Waals surface area contributed by atoms with Crippen LogP contribution in [0.5, 0.6) is 0 Å². The number of hydrogen-bond donors (Lipinski definition) is 7. The van der Waals surface area contributed by atoms with Gasteiger partial charge in [-0.1, -0.05) is 180 Å². The van der Waals surface area contributed by atoms with Gasteiger partial charge in [-0.3, -0.25) is 9.59 Å². The van der Waals surface area contributed by atoms with Crippen LogP contribution in [0.4, 0.5) is 0 Å². The molecule has 0 aliphatic carbocycles. The SMILES string of the molecule is CCCCCCCC=C=CCCCCCCCC(=O)O[C@@H](COC(=O)CCC/C=C/CCCCCCCCCCCCCCCCCCCC)CO[C@@H]1O[C@H](CO[C@@H]2O[C@H](CO)[C@H](O)C(O)C2O)[C@H](O)C(O)C1O. The molecule has 0 aromatic heterocycles. The Morgan fingerprint density at radius 2 is 0.865 bits per heavy atom. The van der Waals surface area contributed by atoms with Crippen molar-refractivity contribution in [1.82, 2.24) is 0 Å². The van der Waals surface area contributed by atoms with Crippen molar-refractivity contribution < 1.29 is 73.8 Å². The van der Waals surface area contributed by atoms with E-state index in [4.69, 9.17) is 28.4 Å². The number of esters is 2. The van der Waals surface area contributed by atoms with Crippen molar-refractivity contribution >= 4 is 11.9 Å². The second kappa shape index (κ2) is 45.7. The lowest BCUT2D eigenvalue weighted by atomic mass is 9.98. The molecule has 2 heterocycles. The van der Waals surface area contributed by atoms with Crippen molar-refractivity contribution in [2.45, 2.75) is 306 Å². The van der Waals surface area contributed by atoms with Crippen molar-refractivity contribution in [3.63, 3.8) is 0 Å². The van der Waals surface area contributed by atoms with E-state index in [2.05, 4.69) is 43.9 Å². The van der Waals surface area contributed by atoms with Crippen molar-refractivity contribution in [3.8, 4) is 0 Å². The minimum Gasteiger partial charge on any atom is -0.462 e. The molecule has 7 N–H and O–H groups in total. The number of carbonyl (C=O) groups is 2. The van der Waals surface area contributed by atoms with Crippen molar-refractivity contribution in [2.24, 2.45) is 0 Å². The Morgan fingerprint density at radius 1 is 0.459 bits per heavy atom. The third kappa shape index (κ3) is 32.5. The molecule has 15 nitrogen and oxygen atoms in total. The van der Waals surface area contributed by atoms with Gasteiger partial charge in [0, 0.05) is 12.8 Å². The van der Waals surface area contributed by atoms with Crippen LogP contribution in [0.25, 0.3) is 0 Å². The Hall–Kier alpha value is -2.24. The first-order chi connectivity index (χ1) is 36.0. The molecule has 0 spiro atoms. The van der Waals surface area contributed by atoms with Gasteiger partial charge in [0.2, 0.25) is 0 Å². The molecule has 4 unspecified atom stereocenters. The second-order valence-corrected chi connectivity index (χ2v) is 20.9. The lowest BCUT2D eigenvalue weighted by Gasteiger charge is -2.42. The number of ether oxygens (including phenoxy) is 6. The van der Waals surface area contributed by atoms with E-state index in [1.54, 1.807) is 0 Å². The summed E-state index contributed by atoms with van der Waals surface area (Å²) in [7, 11) is 0. The standard InChI is InChI=1S/C59H106O15/c1-3-5-7-9-11-13-15-17-19-20-21-22-23-24-25-26-28-29-31-33-35-37-39-41-50(61)69-44-47(72-51(62)42-40-38-36-34-32-30-27-18-16-14-12-10-8-6-4-2)45-70-58-57(68)55(66)53(64)49(74-58)46-71-59-56(67)54(65)52(63)48(43-60)73-59/h16,27,33,35,47-49,52-60,63-68H,3-15,17,19-26,28-32,34,36-46H2,1-2H3/b35-33+/t18?,47-,48+,49+,52-,53-,54?,55?,56?,57?,58+,59+/m0/s1. The second-order valence-electron chi connectivity index (χ2n) is 20.9. The quantitative estimate of drug-likeness (QED) is 0.0130. The third-order valence-electron chi connectivity index (χ3n) is 14.2. The highest BCUT2D eigenvalue weighted by Crippen LogP contribution is 2.27. The molecule has 0 aromatic rings. The third-order valence-corrected chi connectivity index (χ3v) is 14.2. The van der Waals surface area contributed by atoms with E-state index in [1.165, 1.54) is 141 Å². The van der Waals surface area contributed by atoms with Crippen molar-refractivity contribution in [1.29, 1.82) is 0 Å². The highest BCUT2D eigenvalue weighted by molar-refractivity contribution is 5.70. The summed E-state index contributed by atoms with van der Waals surface area (Å²) in [4.78, 5) is 25.9. The zero-order valence-electron chi connectivity index (χ0n) is 46.1. The molecular weight excluding hydrogens is 949 g/mol. The van der Waals surface area contributed by atoms with Gasteiger partial charge < -0.3 is 64.2 Å². The zero-order valence-corrected chi connectivity index (χ0v) is 46.1. The predicted octanol–water partition coefficient (Wildman–Crippen LogP) is 10.0. The topological polar surface area (TPSA) is 231 Å². The Balaban J connectivity index is 1.74. The molecule has 432 valence electrons. The maximum Gasteiger partial charge on any atom is 0.306 e. The molecule has 0 saturated carbocycles. The van der Waals surface area contributed by atoms with Gasteiger partial charge in [-0.25, -0.2) is 0 Å². The first-order valence-electron chi connectivity index (χ1n) is 29.7. The fourth-order valence-corrected chi connectivity index (χ4v) is 9.32. The molecule has 74 heavy (non-hydrogen) atoms. The summed E-state index contributed by atoms with van der Waals surface area (Å²) in [6.07, 6.45) is 31.4. The van der Waals surface area contributed by atoms with E-state index in [1.807, 2.05) is 0 Å². The summed E-state index contributed by atoms with van der Waals surface area (Å²) in [5.74, 6) is -0.975. The van der Waals surface area contributed by atoms with E-state index >= 15 is 0 Å². The van der Waals surface area contributed by atoms with Crippen molar-refractivity contribution in [2.75, 3.05) is 26.4 Å². The minimum absolute atomic E-state index is 0.141. The molecular formula is C59H106O15. The summed E-state index contributed by atoms with van der Waals surface area (Å²) in [6, 6.07) is 0. The molecule has 0 bridgehead atoms. The number of aliphatic hydroxyl groups is 7. The van der Waals surface area contributed by atoms with Gasteiger partial charge in [0.05, 0.1) is 19.8 Å². The fourth-order valence-electron chi connectivity index (χ4n) is 9.32. The Labute approximate surface area is 446 Å². The number of rotatable bonds is 47. The monoisotopic (exact) mass is 1050 g/mol. The molecule has 0 aromatic carbocycles. The Morgan fingerprint density at radius 3 is 1.36 bits per heavy atom. The minimum atomic E-state index is -1.77. The number of carbonyl (C=O) groups excluding carboxylic acids is 2. The van der Waals surface area contributed by atoms with E-state index in [0.29, 0.717) is 12.8 Å². The Kier molecular flexibility index (Phi) is 42.0. The summed E-state index contributed by atoms with van der Waals surface area (Å²) >= 11 is 0. The van der Waals surface area contributed by atoms with Crippen LogP contribution in [0.2, 0.25) is 0 Å². The number of aliphatic hydroxyl groups excluding tert-OH is 7. The fraction of sp³-hybridized carbons (Fsp3) is 0.881. The van der Waals surface area contributed by atoms with Crippen LogP contribution >= 0.6 is 0 Å². The normalized spacial score (nSPS) is 24.4. The van der Waals surface area contributed by atoms with Gasteiger partial charge in [-0.05, 0) is 69.9 Å². The smallest absolute Gasteiger partial charge is 0.306 e. The highest BCUT2D eigenvalue weighted by Gasteiger charge is 2.47. The summed E-state index contributed by atoms with van der Waals surface area (Å²) < 4.78 is 33.6. The number of hydrogen-bond acceptors (Lipinski definition) is 15. The molecule has 11 atom stereocenters. The van der Waals surface area contributed by atoms with Gasteiger partial charge in [0.15, 0.2) is 18.7 Å². The first kappa shape index (κ1) is 67.9. The lowest BCUT2D eigenvalue weighted by Crippen LogP contribution is -2.61. The van der Waals surface area contributed by atoms with E-state index in [0.717, 1.165) is 57.8 Å². The van der Waals surface area contributed by atoms with Gasteiger partial charge in [-0.15, -0.1) is 5.73 Å². The average Bonchev–Trinajstić information content (AvgIpc) is 3.39. The number of allylic oxidation sites excluding steroid dienone is 3. The summed E-state index contributed by atoms with van der Waals surface area (Å²) in [6.45, 7) is 2.56. The Bertz CT molecular complexity index is 1440. The lowest BCUT2D eigenvalue weighted by molar-refractivity contribution is -0.332. The highest BCUT2D eigenvalue weighted by atomic mass is 16.7. The van der Waals surface area contributed by atoms with Crippen LogP contribution in [0.1, 0.15) is 239 Å². The maximum absolute atomic E-state index is 13.0. The van der Waals surface area contributed by atoms with Crippen LogP contribution in [0.3, 0.4) is 0 Å². The molecule has 0 amide bonds. The zero-order chi connectivity index (χ0) is 53.9. The predicted molar refractivity (Wildman–Crippen MR) is 288 cm³/mol. The van der Waals surface area contributed by atoms with Crippen LogP contribution in [-0.2, 0) is 38.0 Å². The van der Waals surface area contributed by atoms with Gasteiger partial charge in [0.25, 0.3) is 0 Å². The van der Waals surface area contributed by atoms with Gasteiger partial charge in [-0.2, -0.15) is 0 Å². The van der Waals surface area contributed by atoms with E-state index in [9.17, 15) is 45.3 Å². The largest absolute Gasteiger partial charge is 0.462 e. The van der Waals surface area contributed by atoms with Gasteiger partial charge >= 0.3 is 11.9 Å². The molecule has 2 aliphatic rings. The number of unbranched alkanes of at least 4 members (excludes halogenated alkanes) is 29. The van der Waals surface area contributed by atoms with Crippen molar-refractivity contribution in [3.05, 3.63) is 30.0 Å². The molecule has 15 heteroatoms. The maximum atomic E-state index is 13.0. The van der Waals surface area contributed by atoms with Crippen LogP contribution < -0.4 is 0 Å². The van der Waals surface area contributed by atoms with Crippen LogP contribution in [0, 0.1) is 0 Å². The molecule has 2 aliphatic heterocycles. The summed E-state index contributed by atoms with van der Waals surface area (Å²) in [5.41, 5.74) is 3.29. The molecule has 2 rings (SSSR count). The van der Waals surface area contributed by atoms with Crippen LogP contribution in [-0.4, -0.2) is 142 Å². The first-order valence-corrected chi connectivity index (χ1v) is 29.7. The van der Waals surface area contributed by atoms with Crippen LogP contribution in [0.15, 0.2) is 30.0 Å². The summed E-state index contributed by atoms with van der Waals surface area (Å²) in [5, 5.41) is 72.2. The molecule has 0 radical (unpaired) electrons.